The largest absolute Gasteiger partial charge is 0.333 e. The first kappa shape index (κ1) is 14.6. The van der Waals surface area contributed by atoms with E-state index in [4.69, 9.17) is 4.52 Å². The van der Waals surface area contributed by atoms with Crippen molar-refractivity contribution in [3.05, 3.63) is 63.3 Å². The van der Waals surface area contributed by atoms with Crippen LogP contribution in [0.2, 0.25) is 0 Å². The zero-order valence-electron chi connectivity index (χ0n) is 11.5. The average Bonchev–Trinajstić information content (AvgIpc) is 3.24. The summed E-state index contributed by atoms with van der Waals surface area (Å²) < 4.78 is 5.12. The van der Waals surface area contributed by atoms with E-state index in [0.29, 0.717) is 11.4 Å². The van der Waals surface area contributed by atoms with Crippen molar-refractivity contribution < 1.29 is 9.45 Å². The number of nitro groups is 1. The molecule has 0 spiro atoms. The summed E-state index contributed by atoms with van der Waals surface area (Å²) in [6.45, 7) is 0. The lowest BCUT2D eigenvalue weighted by molar-refractivity contribution is -0.384. The molecule has 3 aromatic rings. The van der Waals surface area contributed by atoms with E-state index >= 15 is 0 Å². The van der Waals surface area contributed by atoms with Crippen LogP contribution in [-0.2, 0) is 0 Å². The maximum atomic E-state index is 10.6. The minimum Gasteiger partial charge on any atom is -0.333 e. The Balaban J connectivity index is 1.90. The van der Waals surface area contributed by atoms with Crippen LogP contribution < -0.4 is 0 Å². The average molecular weight is 324 g/mol. The Morgan fingerprint density at radius 2 is 2.13 bits per heavy atom. The number of nitro benzene ring substituents is 1. The smallest absolute Gasteiger partial charge is 0.269 e. The van der Waals surface area contributed by atoms with E-state index in [1.54, 1.807) is 12.1 Å². The molecule has 0 bridgehead atoms. The molecule has 0 unspecified atom stereocenters. The molecule has 23 heavy (non-hydrogen) atoms. The maximum Gasteiger partial charge on any atom is 0.269 e. The number of hydrogen-bond donors (Lipinski definition) is 0. The highest BCUT2D eigenvalue weighted by molar-refractivity contribution is 7.13. The maximum absolute atomic E-state index is 10.6. The van der Waals surface area contributed by atoms with Gasteiger partial charge >= 0.3 is 0 Å². The van der Waals surface area contributed by atoms with Gasteiger partial charge in [-0.15, -0.1) is 11.3 Å². The highest BCUT2D eigenvalue weighted by Crippen LogP contribution is 2.24. The summed E-state index contributed by atoms with van der Waals surface area (Å²) in [6.07, 6.45) is 1.54. The monoisotopic (exact) mass is 324 g/mol. The van der Waals surface area contributed by atoms with Gasteiger partial charge in [0, 0.05) is 12.1 Å². The summed E-state index contributed by atoms with van der Waals surface area (Å²) in [5.74, 6) is 0.522. The quantitative estimate of drug-likeness (QED) is 0.411. The molecule has 0 N–H and O–H groups in total. The third kappa shape index (κ3) is 3.14. The Morgan fingerprint density at radius 1 is 1.35 bits per heavy atom. The first-order valence-electron chi connectivity index (χ1n) is 6.41. The lowest BCUT2D eigenvalue weighted by atomic mass is 10.1. The van der Waals surface area contributed by atoms with Crippen LogP contribution >= 0.6 is 11.3 Å². The summed E-state index contributed by atoms with van der Waals surface area (Å²) in [7, 11) is 0. The molecule has 2 heterocycles. The van der Waals surface area contributed by atoms with Gasteiger partial charge in [0.25, 0.3) is 11.6 Å². The molecule has 0 saturated heterocycles. The molecule has 3 rings (SSSR count). The van der Waals surface area contributed by atoms with Crippen LogP contribution in [0.1, 0.15) is 11.5 Å². The number of hydrogen-bond acceptors (Lipinski definition) is 7. The minimum atomic E-state index is -0.482. The van der Waals surface area contributed by atoms with Crippen molar-refractivity contribution in [2.45, 2.75) is 0 Å². The van der Waals surface area contributed by atoms with Gasteiger partial charge in [-0.1, -0.05) is 11.2 Å². The molecule has 2 aromatic heterocycles. The summed E-state index contributed by atoms with van der Waals surface area (Å²) in [5.41, 5.74) is 0.801. The Kier molecular flexibility index (Phi) is 3.95. The Hall–Kier alpha value is -3.31. The van der Waals surface area contributed by atoms with E-state index in [2.05, 4.69) is 10.1 Å². The lowest BCUT2D eigenvalue weighted by Gasteiger charge is -1.94. The number of benzene rings is 1. The number of thiophene rings is 1. The van der Waals surface area contributed by atoms with Crippen LogP contribution in [0, 0.1) is 21.4 Å². The third-order valence-electron chi connectivity index (χ3n) is 2.93. The highest BCUT2D eigenvalue weighted by Gasteiger charge is 2.13. The molecule has 1 aromatic carbocycles. The van der Waals surface area contributed by atoms with Crippen LogP contribution in [0.4, 0.5) is 5.69 Å². The summed E-state index contributed by atoms with van der Waals surface area (Å²) in [4.78, 5) is 15.2. The second-order valence-electron chi connectivity index (χ2n) is 4.42. The van der Waals surface area contributed by atoms with Crippen molar-refractivity contribution >= 4 is 28.7 Å². The number of nitriles is 1. The Labute approximate surface area is 134 Å². The molecule has 0 atom stereocenters. The van der Waals surface area contributed by atoms with Gasteiger partial charge in [-0.2, -0.15) is 10.2 Å². The van der Waals surface area contributed by atoms with Gasteiger partial charge in [0.2, 0.25) is 5.82 Å². The predicted octanol–water partition coefficient (Wildman–Crippen LogP) is 3.77. The highest BCUT2D eigenvalue weighted by atomic mass is 32.1. The molecule has 0 aliphatic rings. The zero-order valence-corrected chi connectivity index (χ0v) is 12.4. The van der Waals surface area contributed by atoms with Crippen molar-refractivity contribution in [1.82, 2.24) is 10.1 Å². The second-order valence-corrected chi connectivity index (χ2v) is 5.37. The first-order chi connectivity index (χ1) is 11.2. The number of aromatic nitrogens is 2. The van der Waals surface area contributed by atoms with Gasteiger partial charge in [0.1, 0.15) is 11.6 Å². The van der Waals surface area contributed by atoms with E-state index in [1.807, 2.05) is 23.6 Å². The minimum absolute atomic E-state index is 0.0153. The van der Waals surface area contributed by atoms with Crippen molar-refractivity contribution in [3.8, 4) is 16.8 Å². The van der Waals surface area contributed by atoms with Crippen LogP contribution in [0.5, 0.6) is 0 Å². The molecular formula is C15H8N4O3S. The van der Waals surface area contributed by atoms with Crippen LogP contribution in [0.3, 0.4) is 0 Å². The molecular weight excluding hydrogens is 316 g/mol. The molecule has 0 fully saturated rings. The summed E-state index contributed by atoms with van der Waals surface area (Å²) >= 11 is 1.47. The summed E-state index contributed by atoms with van der Waals surface area (Å²) in [6, 6.07) is 11.5. The molecule has 0 aliphatic heterocycles. The topological polar surface area (TPSA) is 106 Å². The van der Waals surface area contributed by atoms with Gasteiger partial charge in [0.05, 0.1) is 9.80 Å². The van der Waals surface area contributed by atoms with Gasteiger partial charge in [-0.05, 0) is 35.2 Å². The Bertz CT molecular complexity index is 905. The van der Waals surface area contributed by atoms with Crippen molar-refractivity contribution in [3.63, 3.8) is 0 Å². The van der Waals surface area contributed by atoms with E-state index in [1.165, 1.54) is 29.5 Å². The SMILES string of the molecule is N#C/C(=C\c1ccc([N+](=O)[O-])cc1)c1nc(-c2cccs2)no1. The van der Waals surface area contributed by atoms with Gasteiger partial charge in [-0.3, -0.25) is 10.1 Å². The number of non-ortho nitro benzene ring substituents is 1. The summed E-state index contributed by atoms with van der Waals surface area (Å²) in [5, 5.41) is 25.6. The normalized spacial score (nSPS) is 11.2. The third-order valence-corrected chi connectivity index (χ3v) is 3.80. The predicted molar refractivity (Wildman–Crippen MR) is 84.2 cm³/mol. The molecule has 7 nitrogen and oxygen atoms in total. The fraction of sp³-hybridized carbons (Fsp3) is 0. The van der Waals surface area contributed by atoms with Gasteiger partial charge in [-0.25, -0.2) is 0 Å². The van der Waals surface area contributed by atoms with Crippen molar-refractivity contribution in [2.24, 2.45) is 0 Å². The number of rotatable bonds is 4. The molecule has 8 heteroatoms. The van der Waals surface area contributed by atoms with E-state index in [9.17, 15) is 15.4 Å². The second kappa shape index (κ2) is 6.21. The lowest BCUT2D eigenvalue weighted by Crippen LogP contribution is -1.87. The van der Waals surface area contributed by atoms with E-state index < -0.39 is 4.92 Å². The van der Waals surface area contributed by atoms with Crippen LogP contribution in [-0.4, -0.2) is 15.1 Å². The molecule has 0 radical (unpaired) electrons. The number of nitrogens with zero attached hydrogens (tertiary/aromatic N) is 4. The zero-order chi connectivity index (χ0) is 16.2. The number of allylic oxidation sites excluding steroid dienone is 1. The van der Waals surface area contributed by atoms with E-state index in [-0.39, 0.29) is 17.2 Å². The van der Waals surface area contributed by atoms with Crippen LogP contribution in [0.15, 0.2) is 46.3 Å². The van der Waals surface area contributed by atoms with Gasteiger partial charge in [0.15, 0.2) is 0 Å². The fourth-order valence-corrected chi connectivity index (χ4v) is 2.49. The molecule has 0 aliphatic carbocycles. The first-order valence-corrected chi connectivity index (χ1v) is 7.29. The van der Waals surface area contributed by atoms with Crippen LogP contribution in [0.25, 0.3) is 22.4 Å². The van der Waals surface area contributed by atoms with Crippen molar-refractivity contribution in [1.29, 1.82) is 5.26 Å². The molecule has 0 amide bonds. The van der Waals surface area contributed by atoms with E-state index in [0.717, 1.165) is 4.88 Å². The fourth-order valence-electron chi connectivity index (χ4n) is 1.84. The Morgan fingerprint density at radius 3 is 2.74 bits per heavy atom. The van der Waals surface area contributed by atoms with Gasteiger partial charge < -0.3 is 4.52 Å². The standard InChI is InChI=1S/C15H8N4O3S/c16-9-11(8-10-3-5-12(6-4-10)19(20)21)15-17-14(18-22-15)13-2-1-7-23-13/h1-8H/b11-8+. The molecule has 0 saturated carbocycles. The van der Waals surface area contributed by atoms with Crippen molar-refractivity contribution in [2.75, 3.05) is 0 Å². The molecule has 112 valence electrons.